The van der Waals surface area contributed by atoms with E-state index in [0.29, 0.717) is 0 Å². The minimum atomic E-state index is 0.845. The Bertz CT molecular complexity index is 2820. The summed E-state index contributed by atoms with van der Waals surface area (Å²) in [7, 11) is 0. The standard InChI is InChI=1S/C46H29NO2/c1-2-11-31(12-3-1)37-26-27-41(46-45(37)39-17-7-9-20-43(39)49-46)47(34-25-28-44-40(29-34)38-16-6-8-19-42(38)48-44)33-23-21-32(22-24-33)36-18-10-14-30-13-4-5-15-35(30)36/h1-29H. The Kier molecular flexibility index (Phi) is 6.18. The van der Waals surface area contributed by atoms with Gasteiger partial charge in [-0.3, -0.25) is 0 Å². The summed E-state index contributed by atoms with van der Waals surface area (Å²) in [6.45, 7) is 0. The zero-order valence-electron chi connectivity index (χ0n) is 26.5. The van der Waals surface area contributed by atoms with Crippen molar-refractivity contribution in [1.82, 2.24) is 0 Å². The third kappa shape index (κ3) is 4.44. The summed E-state index contributed by atoms with van der Waals surface area (Å²) in [6.07, 6.45) is 0. The summed E-state index contributed by atoms with van der Waals surface area (Å²) in [4.78, 5) is 2.31. The molecule has 49 heavy (non-hydrogen) atoms. The van der Waals surface area contributed by atoms with Gasteiger partial charge in [0.15, 0.2) is 5.58 Å². The molecule has 3 heteroatoms. The van der Waals surface area contributed by atoms with Gasteiger partial charge >= 0.3 is 0 Å². The summed E-state index contributed by atoms with van der Waals surface area (Å²) in [6, 6.07) is 62.0. The minimum Gasteiger partial charge on any atom is -0.456 e. The van der Waals surface area contributed by atoms with Crippen molar-refractivity contribution in [2.45, 2.75) is 0 Å². The molecule has 0 aliphatic heterocycles. The number of rotatable bonds is 5. The Morgan fingerprint density at radius 1 is 0.367 bits per heavy atom. The molecule has 2 heterocycles. The highest BCUT2D eigenvalue weighted by Crippen LogP contribution is 2.47. The van der Waals surface area contributed by atoms with Crippen LogP contribution in [0.25, 0.3) is 76.9 Å². The zero-order valence-corrected chi connectivity index (χ0v) is 26.5. The molecular formula is C46H29NO2. The minimum absolute atomic E-state index is 0.845. The Morgan fingerprint density at radius 3 is 1.84 bits per heavy atom. The van der Waals surface area contributed by atoms with Crippen LogP contribution in [0.3, 0.4) is 0 Å². The van der Waals surface area contributed by atoms with E-state index in [1.54, 1.807) is 0 Å². The number of para-hydroxylation sites is 2. The molecule has 2 aromatic heterocycles. The first kappa shape index (κ1) is 27.5. The Morgan fingerprint density at radius 2 is 1.00 bits per heavy atom. The second kappa shape index (κ2) is 11.0. The van der Waals surface area contributed by atoms with Crippen LogP contribution in [0, 0.1) is 0 Å². The van der Waals surface area contributed by atoms with E-state index in [2.05, 4.69) is 163 Å². The van der Waals surface area contributed by atoms with Crippen LogP contribution in [0.15, 0.2) is 185 Å². The number of hydrogen-bond donors (Lipinski definition) is 0. The van der Waals surface area contributed by atoms with Crippen LogP contribution in [0.4, 0.5) is 17.1 Å². The van der Waals surface area contributed by atoms with Crippen LogP contribution < -0.4 is 4.90 Å². The first-order valence-electron chi connectivity index (χ1n) is 16.6. The molecule has 0 N–H and O–H groups in total. The lowest BCUT2D eigenvalue weighted by Crippen LogP contribution is -2.10. The van der Waals surface area contributed by atoms with Gasteiger partial charge in [0.1, 0.15) is 16.7 Å². The van der Waals surface area contributed by atoms with Gasteiger partial charge in [-0.15, -0.1) is 0 Å². The molecule has 3 nitrogen and oxygen atoms in total. The third-order valence-corrected chi connectivity index (χ3v) is 9.68. The van der Waals surface area contributed by atoms with Gasteiger partial charge in [0.05, 0.1) is 5.69 Å². The van der Waals surface area contributed by atoms with Crippen molar-refractivity contribution in [1.29, 1.82) is 0 Å². The quantitative estimate of drug-likeness (QED) is 0.190. The maximum Gasteiger partial charge on any atom is 0.160 e. The Balaban J connectivity index is 1.22. The van der Waals surface area contributed by atoms with Gasteiger partial charge in [-0.25, -0.2) is 0 Å². The average Bonchev–Trinajstić information content (AvgIpc) is 3.74. The summed E-state index contributed by atoms with van der Waals surface area (Å²) >= 11 is 0. The molecule has 230 valence electrons. The van der Waals surface area contributed by atoms with Crippen LogP contribution >= 0.6 is 0 Å². The van der Waals surface area contributed by atoms with E-state index < -0.39 is 0 Å². The van der Waals surface area contributed by atoms with Crippen LogP contribution in [0.2, 0.25) is 0 Å². The molecule has 0 aliphatic carbocycles. The molecule has 0 spiro atoms. The number of nitrogens with zero attached hydrogens (tertiary/aromatic N) is 1. The summed E-state index contributed by atoms with van der Waals surface area (Å²) in [5.41, 5.74) is 11.2. The topological polar surface area (TPSA) is 29.5 Å². The largest absolute Gasteiger partial charge is 0.456 e. The summed E-state index contributed by atoms with van der Waals surface area (Å²) in [5.74, 6) is 0. The predicted octanol–water partition coefficient (Wildman–Crippen LogP) is 13.4. The molecule has 0 aliphatic rings. The molecule has 0 radical (unpaired) electrons. The lowest BCUT2D eigenvalue weighted by molar-refractivity contribution is 0.669. The van der Waals surface area contributed by atoms with Crippen LogP contribution in [-0.4, -0.2) is 0 Å². The molecule has 10 aromatic rings. The van der Waals surface area contributed by atoms with Crippen LogP contribution in [-0.2, 0) is 0 Å². The highest BCUT2D eigenvalue weighted by molar-refractivity contribution is 6.17. The molecule has 10 rings (SSSR count). The van der Waals surface area contributed by atoms with Gasteiger partial charge in [-0.2, -0.15) is 0 Å². The molecule has 0 atom stereocenters. The van der Waals surface area contributed by atoms with Crippen molar-refractivity contribution >= 4 is 71.7 Å². The van der Waals surface area contributed by atoms with Gasteiger partial charge < -0.3 is 13.7 Å². The molecule has 8 aromatic carbocycles. The van der Waals surface area contributed by atoms with Crippen LogP contribution in [0.5, 0.6) is 0 Å². The van der Waals surface area contributed by atoms with E-state index in [9.17, 15) is 0 Å². The van der Waals surface area contributed by atoms with Crippen molar-refractivity contribution in [3.8, 4) is 22.3 Å². The van der Waals surface area contributed by atoms with Crippen molar-refractivity contribution in [2.24, 2.45) is 0 Å². The number of benzene rings is 8. The van der Waals surface area contributed by atoms with Crippen molar-refractivity contribution in [3.63, 3.8) is 0 Å². The highest BCUT2D eigenvalue weighted by Gasteiger charge is 2.23. The highest BCUT2D eigenvalue weighted by atomic mass is 16.3. The van der Waals surface area contributed by atoms with Crippen molar-refractivity contribution in [3.05, 3.63) is 176 Å². The Hall–Kier alpha value is -6.58. The first-order chi connectivity index (χ1) is 24.3. The lowest BCUT2D eigenvalue weighted by atomic mass is 9.97. The van der Waals surface area contributed by atoms with Gasteiger partial charge in [0.25, 0.3) is 0 Å². The Labute approximate surface area is 282 Å². The second-order valence-electron chi connectivity index (χ2n) is 12.5. The fourth-order valence-corrected chi connectivity index (χ4v) is 7.40. The maximum absolute atomic E-state index is 6.79. The SMILES string of the molecule is c1ccc(-c2ccc(N(c3ccc(-c4cccc5ccccc45)cc3)c3ccc4oc5ccccc5c4c3)c3oc4ccccc4c23)cc1. The van der Waals surface area contributed by atoms with E-state index >= 15 is 0 Å². The van der Waals surface area contributed by atoms with E-state index in [1.165, 1.54) is 21.9 Å². The van der Waals surface area contributed by atoms with Gasteiger partial charge in [0.2, 0.25) is 0 Å². The van der Waals surface area contributed by atoms with Crippen LogP contribution in [0.1, 0.15) is 0 Å². The molecule has 0 bridgehead atoms. The number of anilines is 3. The third-order valence-electron chi connectivity index (χ3n) is 9.68. The molecule has 0 unspecified atom stereocenters. The predicted molar refractivity (Wildman–Crippen MR) is 204 cm³/mol. The molecular weight excluding hydrogens is 599 g/mol. The summed E-state index contributed by atoms with van der Waals surface area (Å²) in [5, 5.41) is 6.85. The monoisotopic (exact) mass is 627 g/mol. The first-order valence-corrected chi connectivity index (χ1v) is 16.6. The zero-order chi connectivity index (χ0) is 32.3. The fraction of sp³-hybridized carbons (Fsp3) is 0. The van der Waals surface area contributed by atoms with E-state index in [-0.39, 0.29) is 0 Å². The maximum atomic E-state index is 6.79. The van der Waals surface area contributed by atoms with Gasteiger partial charge in [0, 0.05) is 32.9 Å². The van der Waals surface area contributed by atoms with Gasteiger partial charge in [-0.05, 0) is 81.6 Å². The van der Waals surface area contributed by atoms with Crippen molar-refractivity contribution in [2.75, 3.05) is 4.90 Å². The molecule has 0 fully saturated rings. The van der Waals surface area contributed by atoms with Gasteiger partial charge in [-0.1, -0.05) is 127 Å². The lowest BCUT2D eigenvalue weighted by Gasteiger charge is -2.26. The smallest absolute Gasteiger partial charge is 0.160 e. The molecule has 0 saturated heterocycles. The summed E-state index contributed by atoms with van der Waals surface area (Å²) < 4.78 is 13.0. The normalized spacial score (nSPS) is 11.7. The van der Waals surface area contributed by atoms with E-state index in [1.807, 2.05) is 18.2 Å². The van der Waals surface area contributed by atoms with E-state index in [0.717, 1.165) is 72.1 Å². The fourth-order valence-electron chi connectivity index (χ4n) is 7.40. The number of hydrogen-bond acceptors (Lipinski definition) is 3. The van der Waals surface area contributed by atoms with Crippen molar-refractivity contribution < 1.29 is 8.83 Å². The molecule has 0 saturated carbocycles. The van der Waals surface area contributed by atoms with E-state index in [4.69, 9.17) is 8.83 Å². The second-order valence-corrected chi connectivity index (χ2v) is 12.5. The average molecular weight is 628 g/mol. The number of fused-ring (bicyclic) bond motifs is 7. The molecule has 0 amide bonds. The number of furan rings is 2.